The van der Waals surface area contributed by atoms with Crippen LogP contribution in [0.1, 0.15) is 5.56 Å². The van der Waals surface area contributed by atoms with Crippen LogP contribution in [0.25, 0.3) is 10.8 Å². The Kier molecular flexibility index (Phi) is 10.4. The van der Waals surface area contributed by atoms with E-state index in [0.717, 1.165) is 13.0 Å². The molecule has 2 rings (SSSR count). The third kappa shape index (κ3) is 5.50. The van der Waals surface area contributed by atoms with E-state index in [2.05, 4.69) is 55.4 Å². The van der Waals surface area contributed by atoms with E-state index in [9.17, 15) is 0 Å². The van der Waals surface area contributed by atoms with E-state index in [-0.39, 0.29) is 46.5 Å². The van der Waals surface area contributed by atoms with Crippen molar-refractivity contribution in [2.75, 3.05) is 20.6 Å². The van der Waals surface area contributed by atoms with Crippen LogP contribution in [-0.2, 0) is 28.1 Å². The van der Waals surface area contributed by atoms with Crippen LogP contribution in [0.2, 0.25) is 0 Å². The molecule has 17 heavy (non-hydrogen) atoms. The molecule has 4 heteroatoms. The number of nitrogens with zero attached hydrogens (tertiary/aromatic N) is 1. The van der Waals surface area contributed by atoms with Crippen molar-refractivity contribution in [1.82, 2.24) is 4.90 Å². The maximum atomic E-state index is 2.29. The van der Waals surface area contributed by atoms with Gasteiger partial charge in [-0.25, -0.2) is 0 Å². The molecule has 0 atom stereocenters. The van der Waals surface area contributed by atoms with E-state index in [1.165, 1.54) is 16.3 Å². The zero-order valence-electron chi connectivity index (χ0n) is 10.1. The second-order valence-electron chi connectivity index (χ2n) is 4.05. The Bertz CT molecular complexity index is 393. The zero-order chi connectivity index (χ0) is 9.97. The molecule has 0 amide bonds. The van der Waals surface area contributed by atoms with Crippen molar-refractivity contribution in [2.45, 2.75) is 6.42 Å². The van der Waals surface area contributed by atoms with E-state index in [0.29, 0.717) is 0 Å². The summed E-state index contributed by atoms with van der Waals surface area (Å²) >= 11 is 0. The first-order valence-electron chi connectivity index (χ1n) is 5.05. The van der Waals surface area contributed by atoms with Gasteiger partial charge in [0.15, 0.2) is 0 Å². The van der Waals surface area contributed by atoms with Gasteiger partial charge in [0.2, 0.25) is 0 Å². The first-order valence-corrected chi connectivity index (χ1v) is 5.05. The summed E-state index contributed by atoms with van der Waals surface area (Å²) in [5.74, 6) is 0. The summed E-state index contributed by atoms with van der Waals surface area (Å²) in [6.07, 6.45) is 1.14. The molecule has 0 aliphatic carbocycles. The molecular formula is C13H16Cl2NTi. The average Bonchev–Trinajstić information content (AvgIpc) is 2.57. The van der Waals surface area contributed by atoms with Gasteiger partial charge < -0.3 is 29.7 Å². The van der Waals surface area contributed by atoms with E-state index < -0.39 is 0 Å². The van der Waals surface area contributed by atoms with Gasteiger partial charge in [-0.2, -0.15) is 6.07 Å². The monoisotopic (exact) mass is 304 g/mol. The molecule has 0 saturated carbocycles. The van der Waals surface area contributed by atoms with E-state index in [1.807, 2.05) is 0 Å². The summed E-state index contributed by atoms with van der Waals surface area (Å²) < 4.78 is 0. The van der Waals surface area contributed by atoms with Crippen molar-refractivity contribution in [3.63, 3.8) is 0 Å². The Hall–Kier alpha value is 0.0843. The molecule has 0 spiro atoms. The Balaban J connectivity index is 0. The molecule has 0 bridgehead atoms. The predicted octanol–water partition coefficient (Wildman–Crippen LogP) is -3.33. The van der Waals surface area contributed by atoms with Crippen LogP contribution >= 0.6 is 0 Å². The zero-order valence-corrected chi connectivity index (χ0v) is 13.2. The summed E-state index contributed by atoms with van der Waals surface area (Å²) in [5.41, 5.74) is 1.44. The van der Waals surface area contributed by atoms with Crippen LogP contribution in [0, 0.1) is 0 Å². The molecule has 0 heterocycles. The standard InChI is InChI=1S/C13H16N.2ClH.Ti/c1-14(2)8-7-11-9-12-5-3-4-6-13(12)10-11;;;/h3-6,9-10H,7-8H2,1-2H3;2*1H;/q-1;;;+3/p-2. The molecule has 2 aromatic carbocycles. The Morgan fingerprint density at radius 2 is 1.76 bits per heavy atom. The van der Waals surface area contributed by atoms with E-state index in [1.54, 1.807) is 0 Å². The second kappa shape index (κ2) is 9.07. The number of hydrogen-bond donors (Lipinski definition) is 0. The molecule has 91 valence electrons. The molecule has 1 nitrogen and oxygen atoms in total. The smallest absolute Gasteiger partial charge is 1.00 e. The molecule has 0 unspecified atom stereocenters. The van der Waals surface area contributed by atoms with Gasteiger partial charge >= 0.3 is 21.7 Å². The molecular weight excluding hydrogens is 289 g/mol. The van der Waals surface area contributed by atoms with E-state index in [4.69, 9.17) is 0 Å². The van der Waals surface area contributed by atoms with Crippen molar-refractivity contribution in [1.29, 1.82) is 0 Å². The van der Waals surface area contributed by atoms with Crippen molar-refractivity contribution < 1.29 is 46.5 Å². The fourth-order valence-electron chi connectivity index (χ4n) is 1.71. The van der Waals surface area contributed by atoms with Crippen LogP contribution in [0.5, 0.6) is 0 Å². The first-order chi connectivity index (χ1) is 6.75. The van der Waals surface area contributed by atoms with Crippen LogP contribution in [0.4, 0.5) is 0 Å². The number of halogens is 2. The number of benzene rings is 1. The van der Waals surface area contributed by atoms with Crippen molar-refractivity contribution in [3.05, 3.63) is 42.0 Å². The molecule has 0 aromatic heterocycles. The van der Waals surface area contributed by atoms with Gasteiger partial charge in [-0.15, -0.1) is 40.6 Å². The number of rotatable bonds is 3. The SMILES string of the molecule is CN(C)CCc1cc2ccccc2[cH-]1.[Cl-].[Cl-].[Ti+3]. The second-order valence-corrected chi connectivity index (χ2v) is 4.05. The van der Waals surface area contributed by atoms with Crippen molar-refractivity contribution in [3.8, 4) is 0 Å². The van der Waals surface area contributed by atoms with Crippen LogP contribution < -0.4 is 24.8 Å². The average molecular weight is 305 g/mol. The maximum absolute atomic E-state index is 2.29. The summed E-state index contributed by atoms with van der Waals surface area (Å²) in [4.78, 5) is 2.22. The Morgan fingerprint density at radius 3 is 2.35 bits per heavy atom. The van der Waals surface area contributed by atoms with Crippen molar-refractivity contribution >= 4 is 10.8 Å². The number of fused-ring (bicyclic) bond motifs is 1. The molecule has 0 fully saturated rings. The van der Waals surface area contributed by atoms with Gasteiger partial charge in [-0.05, 0) is 20.5 Å². The summed E-state index contributed by atoms with van der Waals surface area (Å²) in [6.45, 7) is 1.12. The fourth-order valence-corrected chi connectivity index (χ4v) is 1.71. The van der Waals surface area contributed by atoms with Gasteiger partial charge in [0.1, 0.15) is 0 Å². The summed E-state index contributed by atoms with van der Waals surface area (Å²) in [6, 6.07) is 13.1. The minimum Gasteiger partial charge on any atom is -1.00 e. The predicted molar refractivity (Wildman–Crippen MR) is 61.8 cm³/mol. The van der Waals surface area contributed by atoms with Crippen LogP contribution in [0.3, 0.4) is 0 Å². The van der Waals surface area contributed by atoms with Gasteiger partial charge in [0.25, 0.3) is 0 Å². The Labute approximate surface area is 131 Å². The maximum Gasteiger partial charge on any atom is 3.00 e. The molecule has 0 aliphatic heterocycles. The quantitative estimate of drug-likeness (QED) is 0.424. The third-order valence-corrected chi connectivity index (χ3v) is 2.53. The molecule has 0 saturated heterocycles. The summed E-state index contributed by atoms with van der Waals surface area (Å²) in [5, 5.41) is 2.72. The largest absolute Gasteiger partial charge is 3.00 e. The van der Waals surface area contributed by atoms with Crippen LogP contribution in [-0.4, -0.2) is 25.5 Å². The number of likely N-dealkylation sites (N-methyl/N-ethyl adjacent to an activating group) is 1. The topological polar surface area (TPSA) is 3.24 Å². The van der Waals surface area contributed by atoms with Gasteiger partial charge in [0.05, 0.1) is 0 Å². The van der Waals surface area contributed by atoms with Gasteiger partial charge in [0, 0.05) is 6.54 Å². The molecule has 0 aliphatic rings. The molecule has 1 radical (unpaired) electrons. The van der Waals surface area contributed by atoms with Crippen molar-refractivity contribution in [2.24, 2.45) is 0 Å². The minimum absolute atomic E-state index is 0. The molecule has 0 N–H and O–H groups in total. The van der Waals surface area contributed by atoms with Gasteiger partial charge in [-0.3, -0.25) is 0 Å². The van der Waals surface area contributed by atoms with Gasteiger partial charge in [-0.1, -0.05) is 6.07 Å². The van der Waals surface area contributed by atoms with Crippen LogP contribution in [0.15, 0.2) is 36.4 Å². The number of hydrogen-bond acceptors (Lipinski definition) is 1. The molecule has 2 aromatic rings. The normalized spacial score (nSPS) is 9.35. The third-order valence-electron chi connectivity index (χ3n) is 2.53. The fraction of sp³-hybridized carbons (Fsp3) is 0.308. The summed E-state index contributed by atoms with van der Waals surface area (Å²) in [7, 11) is 4.23. The van der Waals surface area contributed by atoms with E-state index >= 15 is 0 Å². The Morgan fingerprint density at radius 1 is 1.12 bits per heavy atom. The minimum atomic E-state index is 0. The first kappa shape index (κ1) is 19.4.